The van der Waals surface area contributed by atoms with Crippen molar-refractivity contribution in [3.63, 3.8) is 0 Å². The van der Waals surface area contributed by atoms with Gasteiger partial charge in [0.2, 0.25) is 5.91 Å². The van der Waals surface area contributed by atoms with Crippen LogP contribution >= 0.6 is 0 Å². The first-order chi connectivity index (χ1) is 5.36. The van der Waals surface area contributed by atoms with E-state index in [4.69, 9.17) is 4.84 Å². The number of nitrogens with one attached hydrogen (secondary N) is 3. The Bertz CT molecular complexity index is 173. The number of piperazine rings is 1. The highest BCUT2D eigenvalue weighted by molar-refractivity contribution is 5.76. The highest BCUT2D eigenvalue weighted by atomic mass is 16.7. The number of fused-ring (bicyclic) bond motifs is 1. The predicted molar refractivity (Wildman–Crippen MR) is 37.4 cm³/mol. The average Bonchev–Trinajstić information content (AvgIpc) is 2.04. The number of hydroxylamine groups is 1. The maximum atomic E-state index is 10.8. The molecule has 2 atom stereocenters. The fraction of sp³-hybridized carbons (Fsp3) is 0.833. The van der Waals surface area contributed by atoms with E-state index in [1.165, 1.54) is 0 Å². The molecule has 2 aliphatic heterocycles. The van der Waals surface area contributed by atoms with Gasteiger partial charge in [-0.3, -0.25) is 14.9 Å². The van der Waals surface area contributed by atoms with Gasteiger partial charge in [-0.15, -0.1) is 0 Å². The van der Waals surface area contributed by atoms with Crippen LogP contribution < -0.4 is 16.1 Å². The lowest BCUT2D eigenvalue weighted by Gasteiger charge is -2.35. The largest absolute Gasteiger partial charge is 0.309 e. The molecule has 0 saturated carbocycles. The summed E-state index contributed by atoms with van der Waals surface area (Å²) in [6.07, 6.45) is 0.443. The number of carbonyl (C=O) groups is 1. The van der Waals surface area contributed by atoms with Gasteiger partial charge in [-0.05, 0) is 0 Å². The number of hydrogen-bond acceptors (Lipinski definition) is 4. The Labute approximate surface area is 64.4 Å². The number of amides is 1. The minimum absolute atomic E-state index is 0.0533. The van der Waals surface area contributed by atoms with Crippen LogP contribution in [0.3, 0.4) is 0 Å². The first-order valence-electron chi connectivity index (χ1n) is 3.77. The standard InChI is InChI=1S/C6H11N3O2/c10-5-3-4-6(11-9-5)8-2-1-7-4/h4,6-8H,1-3H2,(H,9,10). The molecule has 5 heteroatoms. The molecule has 0 aliphatic carbocycles. The van der Waals surface area contributed by atoms with Gasteiger partial charge in [0.1, 0.15) is 0 Å². The normalized spacial score (nSPS) is 37.6. The molecule has 0 radical (unpaired) electrons. The van der Waals surface area contributed by atoms with E-state index in [1.807, 2.05) is 0 Å². The van der Waals surface area contributed by atoms with Gasteiger partial charge >= 0.3 is 0 Å². The van der Waals surface area contributed by atoms with Crippen LogP contribution in [0.25, 0.3) is 0 Å². The molecule has 62 valence electrons. The van der Waals surface area contributed by atoms with Crippen molar-refractivity contribution < 1.29 is 9.63 Å². The van der Waals surface area contributed by atoms with Crippen molar-refractivity contribution in [2.45, 2.75) is 18.7 Å². The van der Waals surface area contributed by atoms with E-state index in [0.29, 0.717) is 6.42 Å². The Morgan fingerprint density at radius 2 is 2.18 bits per heavy atom. The van der Waals surface area contributed by atoms with Crippen molar-refractivity contribution in [2.24, 2.45) is 0 Å². The van der Waals surface area contributed by atoms with Crippen LogP contribution in [0.4, 0.5) is 0 Å². The van der Waals surface area contributed by atoms with E-state index in [2.05, 4.69) is 16.1 Å². The zero-order valence-electron chi connectivity index (χ0n) is 6.09. The predicted octanol–water partition coefficient (Wildman–Crippen LogP) is -1.67. The Morgan fingerprint density at radius 3 is 3.09 bits per heavy atom. The van der Waals surface area contributed by atoms with E-state index in [9.17, 15) is 4.79 Å². The van der Waals surface area contributed by atoms with Crippen molar-refractivity contribution >= 4 is 5.91 Å². The Balaban J connectivity index is 1.98. The van der Waals surface area contributed by atoms with Gasteiger partial charge in [0.05, 0.1) is 6.04 Å². The molecule has 0 aromatic rings. The van der Waals surface area contributed by atoms with Crippen LogP contribution in [-0.4, -0.2) is 31.3 Å². The molecular weight excluding hydrogens is 146 g/mol. The van der Waals surface area contributed by atoms with Gasteiger partial charge in [0.15, 0.2) is 6.23 Å². The van der Waals surface area contributed by atoms with E-state index in [1.54, 1.807) is 0 Å². The third kappa shape index (κ3) is 1.35. The second-order valence-electron chi connectivity index (χ2n) is 2.78. The van der Waals surface area contributed by atoms with Gasteiger partial charge in [0.25, 0.3) is 0 Å². The van der Waals surface area contributed by atoms with Gasteiger partial charge in [0, 0.05) is 19.5 Å². The summed E-state index contributed by atoms with van der Waals surface area (Å²) in [7, 11) is 0. The molecule has 11 heavy (non-hydrogen) atoms. The van der Waals surface area contributed by atoms with Gasteiger partial charge in [-0.2, -0.15) is 0 Å². The minimum atomic E-state index is -0.0542. The van der Waals surface area contributed by atoms with Gasteiger partial charge in [-0.25, -0.2) is 5.48 Å². The third-order valence-electron chi connectivity index (χ3n) is 1.95. The molecule has 5 nitrogen and oxygen atoms in total. The number of carbonyl (C=O) groups excluding carboxylic acids is 1. The molecular formula is C6H11N3O2. The topological polar surface area (TPSA) is 62.4 Å². The molecule has 3 N–H and O–H groups in total. The molecule has 0 bridgehead atoms. The van der Waals surface area contributed by atoms with Crippen LogP contribution in [0.2, 0.25) is 0 Å². The summed E-state index contributed by atoms with van der Waals surface area (Å²) in [6.45, 7) is 1.79. The molecule has 2 rings (SSSR count). The van der Waals surface area contributed by atoms with Gasteiger partial charge in [-0.1, -0.05) is 0 Å². The monoisotopic (exact) mass is 157 g/mol. The summed E-state index contributed by atoms with van der Waals surface area (Å²) in [5.41, 5.74) is 2.34. The Morgan fingerprint density at radius 1 is 1.36 bits per heavy atom. The van der Waals surface area contributed by atoms with Crippen molar-refractivity contribution in [2.75, 3.05) is 13.1 Å². The second kappa shape index (κ2) is 2.77. The first-order valence-corrected chi connectivity index (χ1v) is 3.77. The molecule has 0 aromatic heterocycles. The summed E-state index contributed by atoms with van der Waals surface area (Å²) < 4.78 is 0. The van der Waals surface area contributed by atoms with Crippen LogP contribution in [0.15, 0.2) is 0 Å². The zero-order valence-corrected chi connectivity index (χ0v) is 6.09. The van der Waals surface area contributed by atoms with Crippen LogP contribution in [0.1, 0.15) is 6.42 Å². The molecule has 2 unspecified atom stereocenters. The maximum Gasteiger partial charge on any atom is 0.245 e. The van der Waals surface area contributed by atoms with E-state index >= 15 is 0 Å². The maximum absolute atomic E-state index is 10.8. The highest BCUT2D eigenvalue weighted by Gasteiger charge is 2.31. The fourth-order valence-electron chi connectivity index (χ4n) is 1.39. The molecule has 2 saturated heterocycles. The molecule has 1 amide bonds. The summed E-state index contributed by atoms with van der Waals surface area (Å²) >= 11 is 0. The minimum Gasteiger partial charge on any atom is -0.309 e. The van der Waals surface area contributed by atoms with Crippen molar-refractivity contribution in [3.8, 4) is 0 Å². The summed E-state index contributed by atoms with van der Waals surface area (Å²) in [5, 5.41) is 6.35. The zero-order chi connectivity index (χ0) is 7.68. The fourth-order valence-corrected chi connectivity index (χ4v) is 1.39. The van der Waals surface area contributed by atoms with Crippen LogP contribution in [0.5, 0.6) is 0 Å². The lowest BCUT2D eigenvalue weighted by Crippen LogP contribution is -2.62. The summed E-state index contributed by atoms with van der Waals surface area (Å²) in [6, 6.07) is 0.137. The number of rotatable bonds is 0. The van der Waals surface area contributed by atoms with Crippen molar-refractivity contribution in [3.05, 3.63) is 0 Å². The van der Waals surface area contributed by atoms with Crippen molar-refractivity contribution in [1.29, 1.82) is 0 Å². The van der Waals surface area contributed by atoms with Gasteiger partial charge < -0.3 is 5.32 Å². The van der Waals surface area contributed by atoms with Crippen LogP contribution in [-0.2, 0) is 9.63 Å². The lowest BCUT2D eigenvalue weighted by atomic mass is 10.1. The van der Waals surface area contributed by atoms with E-state index in [0.717, 1.165) is 13.1 Å². The smallest absolute Gasteiger partial charge is 0.245 e. The quantitative estimate of drug-likeness (QED) is 0.393. The van der Waals surface area contributed by atoms with E-state index < -0.39 is 0 Å². The van der Waals surface area contributed by atoms with E-state index in [-0.39, 0.29) is 18.2 Å². The summed E-state index contributed by atoms with van der Waals surface area (Å²) in [5.74, 6) is -0.0533. The number of hydrogen-bond donors (Lipinski definition) is 3. The molecule has 2 fully saturated rings. The third-order valence-corrected chi connectivity index (χ3v) is 1.95. The molecule has 0 spiro atoms. The first kappa shape index (κ1) is 7.02. The molecule has 0 aromatic carbocycles. The Kier molecular flexibility index (Phi) is 1.77. The summed E-state index contributed by atoms with van der Waals surface area (Å²) in [4.78, 5) is 15.8. The Hall–Kier alpha value is -0.650. The van der Waals surface area contributed by atoms with Crippen molar-refractivity contribution in [1.82, 2.24) is 16.1 Å². The molecule has 2 heterocycles. The SMILES string of the molecule is O=C1CC2NCCNC2ON1. The lowest BCUT2D eigenvalue weighted by molar-refractivity contribution is -0.156. The van der Waals surface area contributed by atoms with Crippen LogP contribution in [0, 0.1) is 0 Å². The second-order valence-corrected chi connectivity index (χ2v) is 2.78. The molecule has 2 aliphatic rings. The average molecular weight is 157 g/mol. The highest BCUT2D eigenvalue weighted by Crippen LogP contribution is 2.07.